The van der Waals surface area contributed by atoms with Crippen LogP contribution in [0, 0.1) is 0 Å². The van der Waals surface area contributed by atoms with Gasteiger partial charge in [0.1, 0.15) is 5.75 Å². The molecule has 1 atom stereocenters. The number of sulfonamides is 1. The number of hydrogen-bond acceptors (Lipinski definition) is 4. The summed E-state index contributed by atoms with van der Waals surface area (Å²) in [5, 5.41) is 2.90. The number of rotatable bonds is 11. The smallest absolute Gasteiger partial charge is 0.243 e. The van der Waals surface area contributed by atoms with Crippen LogP contribution in [-0.2, 0) is 21.2 Å². The third-order valence-electron chi connectivity index (χ3n) is 4.56. The number of amides is 1. The Bertz CT molecular complexity index is 867. The number of carbonyl (C=O) groups is 1. The van der Waals surface area contributed by atoms with Gasteiger partial charge in [0.15, 0.2) is 0 Å². The van der Waals surface area contributed by atoms with E-state index < -0.39 is 10.0 Å². The van der Waals surface area contributed by atoms with Crippen LogP contribution in [0.4, 0.5) is 0 Å². The lowest BCUT2D eigenvalue weighted by atomic mass is 10.1. The average Bonchev–Trinajstić information content (AvgIpc) is 2.72. The Kier molecular flexibility index (Phi) is 8.67. The van der Waals surface area contributed by atoms with Gasteiger partial charge in [0.25, 0.3) is 0 Å². The maximum atomic E-state index is 12.9. The van der Waals surface area contributed by atoms with Crippen LogP contribution in [-0.4, -0.2) is 44.4 Å². The largest absolute Gasteiger partial charge is 0.494 e. The number of benzene rings is 2. The Morgan fingerprint density at radius 3 is 2.31 bits per heavy atom. The minimum absolute atomic E-state index is 0.0467. The average molecular weight is 419 g/mol. The van der Waals surface area contributed by atoms with Crippen LogP contribution in [0.15, 0.2) is 59.5 Å². The maximum Gasteiger partial charge on any atom is 0.243 e. The highest BCUT2D eigenvalue weighted by Crippen LogP contribution is 2.19. The van der Waals surface area contributed by atoms with Crippen molar-refractivity contribution in [1.29, 1.82) is 0 Å². The highest BCUT2D eigenvalue weighted by atomic mass is 32.2. The molecule has 2 rings (SSSR count). The van der Waals surface area contributed by atoms with Gasteiger partial charge in [-0.15, -0.1) is 0 Å². The van der Waals surface area contributed by atoms with Crippen LogP contribution in [0.1, 0.15) is 32.8 Å². The number of aryl methyl sites for hydroxylation is 1. The van der Waals surface area contributed by atoms with E-state index >= 15 is 0 Å². The molecule has 0 saturated carbocycles. The minimum atomic E-state index is -3.75. The van der Waals surface area contributed by atoms with E-state index in [-0.39, 0.29) is 29.9 Å². The highest BCUT2D eigenvalue weighted by molar-refractivity contribution is 7.89. The predicted molar refractivity (Wildman–Crippen MR) is 114 cm³/mol. The molecule has 29 heavy (non-hydrogen) atoms. The van der Waals surface area contributed by atoms with E-state index in [2.05, 4.69) is 17.4 Å². The lowest BCUT2D eigenvalue weighted by Crippen LogP contribution is -2.43. The molecule has 0 aliphatic rings. The van der Waals surface area contributed by atoms with Crippen molar-refractivity contribution in [1.82, 2.24) is 9.62 Å². The van der Waals surface area contributed by atoms with Crippen molar-refractivity contribution >= 4 is 15.9 Å². The zero-order valence-electron chi connectivity index (χ0n) is 17.3. The fourth-order valence-corrected chi connectivity index (χ4v) is 4.38. The molecule has 0 radical (unpaired) electrons. The van der Waals surface area contributed by atoms with E-state index in [9.17, 15) is 13.2 Å². The van der Waals surface area contributed by atoms with Gasteiger partial charge >= 0.3 is 0 Å². The first-order chi connectivity index (χ1) is 13.9. The highest BCUT2D eigenvalue weighted by Gasteiger charge is 2.25. The van der Waals surface area contributed by atoms with Gasteiger partial charge in [0.2, 0.25) is 15.9 Å². The monoisotopic (exact) mass is 418 g/mol. The third-order valence-corrected chi connectivity index (χ3v) is 6.50. The van der Waals surface area contributed by atoms with E-state index in [4.69, 9.17) is 4.74 Å². The fraction of sp³-hybridized carbons (Fsp3) is 0.409. The summed E-state index contributed by atoms with van der Waals surface area (Å²) in [6.45, 7) is 6.03. The molecule has 2 aromatic rings. The molecule has 0 aliphatic heterocycles. The summed E-state index contributed by atoms with van der Waals surface area (Å²) >= 11 is 0. The standard InChI is InChI=1S/C22H30N2O4S/c1-4-24(29(26,27)21-15-13-20(14-16-21)28-5-2)17-22(25)23-18(3)11-12-19-9-7-6-8-10-19/h6-10,13-16,18H,4-5,11-12,17H2,1-3H3,(H,23,25)/t18-/m1/s1. The van der Waals surface area contributed by atoms with Gasteiger partial charge in [-0.2, -0.15) is 4.31 Å². The third kappa shape index (κ3) is 6.87. The molecule has 7 heteroatoms. The Morgan fingerprint density at radius 2 is 1.72 bits per heavy atom. The predicted octanol–water partition coefficient (Wildman–Crippen LogP) is 3.23. The molecule has 0 spiro atoms. The Balaban J connectivity index is 1.93. The zero-order chi connectivity index (χ0) is 21.3. The van der Waals surface area contributed by atoms with Crippen LogP contribution in [0.5, 0.6) is 5.75 Å². The van der Waals surface area contributed by atoms with Gasteiger partial charge in [0, 0.05) is 12.6 Å². The lowest BCUT2D eigenvalue weighted by Gasteiger charge is -2.22. The van der Waals surface area contributed by atoms with Crippen LogP contribution >= 0.6 is 0 Å². The summed E-state index contributed by atoms with van der Waals surface area (Å²) in [7, 11) is -3.75. The molecule has 6 nitrogen and oxygen atoms in total. The van der Waals surface area contributed by atoms with Gasteiger partial charge in [0.05, 0.1) is 18.0 Å². The summed E-state index contributed by atoms with van der Waals surface area (Å²) in [6, 6.07) is 16.3. The second-order valence-corrected chi connectivity index (χ2v) is 8.77. The first-order valence-corrected chi connectivity index (χ1v) is 11.4. The fourth-order valence-electron chi connectivity index (χ4n) is 2.97. The number of hydrogen-bond donors (Lipinski definition) is 1. The van der Waals surface area contributed by atoms with Gasteiger partial charge in [-0.1, -0.05) is 37.3 Å². The van der Waals surface area contributed by atoms with Gasteiger partial charge in [-0.3, -0.25) is 4.79 Å². The van der Waals surface area contributed by atoms with Crippen molar-refractivity contribution in [2.75, 3.05) is 19.7 Å². The van der Waals surface area contributed by atoms with Crippen molar-refractivity contribution in [2.45, 2.75) is 44.6 Å². The molecule has 0 heterocycles. The minimum Gasteiger partial charge on any atom is -0.494 e. The first kappa shape index (κ1) is 22.9. The van der Waals surface area contributed by atoms with Crippen LogP contribution in [0.25, 0.3) is 0 Å². The summed E-state index contributed by atoms with van der Waals surface area (Å²) < 4.78 is 32.3. The van der Waals surface area contributed by atoms with Gasteiger partial charge in [-0.05, 0) is 56.5 Å². The molecule has 1 N–H and O–H groups in total. The molecular formula is C22H30N2O4S. The van der Waals surface area contributed by atoms with E-state index in [0.717, 1.165) is 12.8 Å². The van der Waals surface area contributed by atoms with Crippen molar-refractivity contribution < 1.29 is 17.9 Å². The molecule has 0 unspecified atom stereocenters. The van der Waals surface area contributed by atoms with Crippen LogP contribution < -0.4 is 10.1 Å². The van der Waals surface area contributed by atoms with Gasteiger partial charge in [-0.25, -0.2) is 8.42 Å². The second kappa shape index (κ2) is 11.0. The number of ether oxygens (including phenoxy) is 1. The van der Waals surface area contributed by atoms with Crippen molar-refractivity contribution in [3.63, 3.8) is 0 Å². The number of carbonyl (C=O) groups excluding carboxylic acids is 1. The number of likely N-dealkylation sites (N-methyl/N-ethyl adjacent to an activating group) is 1. The van der Waals surface area contributed by atoms with Crippen molar-refractivity contribution in [3.8, 4) is 5.75 Å². The Hall–Kier alpha value is -2.38. The molecule has 1 amide bonds. The molecule has 2 aromatic carbocycles. The molecule has 0 saturated heterocycles. The number of nitrogens with zero attached hydrogens (tertiary/aromatic N) is 1. The first-order valence-electron chi connectivity index (χ1n) is 9.93. The summed E-state index contributed by atoms with van der Waals surface area (Å²) in [5.41, 5.74) is 1.21. The summed E-state index contributed by atoms with van der Waals surface area (Å²) in [5.74, 6) is 0.307. The van der Waals surface area contributed by atoms with E-state index in [1.54, 1.807) is 19.1 Å². The Labute approximate surface area is 173 Å². The topological polar surface area (TPSA) is 75.7 Å². The molecule has 158 valence electrons. The van der Waals surface area contributed by atoms with Crippen molar-refractivity contribution in [2.24, 2.45) is 0 Å². The van der Waals surface area contributed by atoms with E-state index in [1.807, 2.05) is 32.0 Å². The Morgan fingerprint density at radius 1 is 1.07 bits per heavy atom. The van der Waals surface area contributed by atoms with E-state index in [0.29, 0.717) is 12.4 Å². The molecule has 0 fully saturated rings. The molecule has 0 aromatic heterocycles. The SMILES string of the molecule is CCOc1ccc(S(=O)(=O)N(CC)CC(=O)N[C@H](C)CCc2ccccc2)cc1. The van der Waals surface area contributed by atoms with E-state index in [1.165, 1.54) is 22.0 Å². The summed E-state index contributed by atoms with van der Waals surface area (Å²) in [6.07, 6.45) is 1.64. The van der Waals surface area contributed by atoms with Gasteiger partial charge < -0.3 is 10.1 Å². The summed E-state index contributed by atoms with van der Waals surface area (Å²) in [4.78, 5) is 12.6. The van der Waals surface area contributed by atoms with Crippen LogP contribution in [0.3, 0.4) is 0 Å². The quantitative estimate of drug-likeness (QED) is 0.608. The second-order valence-electron chi connectivity index (χ2n) is 6.83. The lowest BCUT2D eigenvalue weighted by molar-refractivity contribution is -0.121. The van der Waals surface area contributed by atoms with Crippen molar-refractivity contribution in [3.05, 3.63) is 60.2 Å². The molecule has 0 bridgehead atoms. The molecular weight excluding hydrogens is 388 g/mol. The normalized spacial score (nSPS) is 12.6. The number of nitrogens with one attached hydrogen (secondary N) is 1. The zero-order valence-corrected chi connectivity index (χ0v) is 18.1. The molecule has 0 aliphatic carbocycles. The van der Waals surface area contributed by atoms with Crippen LogP contribution in [0.2, 0.25) is 0 Å². The maximum absolute atomic E-state index is 12.9.